The van der Waals surface area contributed by atoms with Crippen LogP contribution in [0.3, 0.4) is 0 Å². The van der Waals surface area contributed by atoms with Gasteiger partial charge in [-0.2, -0.15) is 0 Å². The molecule has 0 atom stereocenters. The Labute approximate surface area is 94.3 Å². The molecule has 4 nitrogen and oxygen atoms in total. The third kappa shape index (κ3) is 3.16. The molecule has 1 aromatic rings. The van der Waals surface area contributed by atoms with Gasteiger partial charge in [-0.3, -0.25) is 10.1 Å². The van der Waals surface area contributed by atoms with Gasteiger partial charge in [0.25, 0.3) is 0 Å². The molecule has 1 aromatic carbocycles. The molecule has 0 aromatic heterocycles. The number of hydrogen-bond acceptors (Lipinski definition) is 3. The van der Waals surface area contributed by atoms with Crippen molar-refractivity contribution in [1.82, 2.24) is 0 Å². The molecule has 0 saturated carbocycles. The lowest BCUT2D eigenvalue weighted by molar-refractivity contribution is -0.479. The number of halogens is 2. The smallest absolute Gasteiger partial charge is 0.208 e. The first kappa shape index (κ1) is 11.9. The second kappa shape index (κ2) is 5.06. The molecule has 0 spiro atoms. The van der Waals surface area contributed by atoms with Crippen LogP contribution in [0.5, 0.6) is 5.75 Å². The van der Waals surface area contributed by atoms with Gasteiger partial charge in [0.15, 0.2) is 11.6 Å². The normalized spacial score (nSPS) is 10.1. The molecule has 0 fully saturated rings. The van der Waals surface area contributed by atoms with Crippen LogP contribution in [0.1, 0.15) is 5.56 Å². The summed E-state index contributed by atoms with van der Waals surface area (Å²) in [6, 6.07) is 2.87. The molecular weight excluding hydrogens is 269 g/mol. The quantitative estimate of drug-likeness (QED) is 0.627. The maximum atomic E-state index is 13.3. The zero-order chi connectivity index (χ0) is 11.4. The summed E-state index contributed by atoms with van der Waals surface area (Å²) in [5.41, 5.74) is 0.487. The lowest BCUT2D eigenvalue weighted by Crippen LogP contribution is -2.06. The summed E-state index contributed by atoms with van der Waals surface area (Å²) in [6.45, 7) is -0.244. The number of ether oxygens (including phenoxy) is 1. The largest absolute Gasteiger partial charge is 0.493 e. The number of rotatable bonds is 4. The summed E-state index contributed by atoms with van der Waals surface area (Å²) in [7, 11) is 1.34. The first-order valence-electron chi connectivity index (χ1n) is 4.18. The van der Waals surface area contributed by atoms with Crippen molar-refractivity contribution >= 4 is 15.9 Å². The fraction of sp³-hybridized carbons (Fsp3) is 0.333. The summed E-state index contributed by atoms with van der Waals surface area (Å²) in [5.74, 6) is -0.453. The summed E-state index contributed by atoms with van der Waals surface area (Å²) in [4.78, 5) is 9.76. The van der Waals surface area contributed by atoms with E-state index < -0.39 is 10.7 Å². The topological polar surface area (TPSA) is 52.4 Å². The van der Waals surface area contributed by atoms with E-state index in [2.05, 4.69) is 15.9 Å². The van der Waals surface area contributed by atoms with Crippen LogP contribution in [0.2, 0.25) is 0 Å². The highest BCUT2D eigenvalue weighted by molar-refractivity contribution is 9.10. The molecule has 0 aliphatic heterocycles. The summed E-state index contributed by atoms with van der Waals surface area (Å²) < 4.78 is 18.7. The highest BCUT2D eigenvalue weighted by atomic mass is 79.9. The Kier molecular flexibility index (Phi) is 4.02. The van der Waals surface area contributed by atoms with Crippen LogP contribution in [-0.2, 0) is 6.42 Å². The van der Waals surface area contributed by atoms with Gasteiger partial charge >= 0.3 is 0 Å². The van der Waals surface area contributed by atoms with Gasteiger partial charge in [0.1, 0.15) is 0 Å². The minimum Gasteiger partial charge on any atom is -0.493 e. The van der Waals surface area contributed by atoms with Crippen molar-refractivity contribution in [1.29, 1.82) is 0 Å². The van der Waals surface area contributed by atoms with Crippen molar-refractivity contribution in [3.8, 4) is 5.75 Å². The Bertz CT molecular complexity index is 384. The van der Waals surface area contributed by atoms with Crippen LogP contribution >= 0.6 is 15.9 Å². The molecule has 0 aliphatic carbocycles. The zero-order valence-corrected chi connectivity index (χ0v) is 9.58. The van der Waals surface area contributed by atoms with Gasteiger partial charge < -0.3 is 4.74 Å². The molecular formula is C9H9BrFNO3. The summed E-state index contributed by atoms with van der Waals surface area (Å²) >= 11 is 3.12. The Morgan fingerprint density at radius 1 is 1.60 bits per heavy atom. The molecule has 82 valence electrons. The highest BCUT2D eigenvalue weighted by Crippen LogP contribution is 2.27. The fourth-order valence-corrected chi connectivity index (χ4v) is 1.72. The summed E-state index contributed by atoms with van der Waals surface area (Å²) in [6.07, 6.45) is 0.145. The van der Waals surface area contributed by atoms with Crippen LogP contribution in [0, 0.1) is 15.9 Å². The number of methoxy groups -OCH3 is 1. The van der Waals surface area contributed by atoms with Gasteiger partial charge in [-0.15, -0.1) is 0 Å². The molecule has 0 unspecified atom stereocenters. The Hall–Kier alpha value is -1.17. The summed E-state index contributed by atoms with van der Waals surface area (Å²) in [5, 5.41) is 10.2. The maximum Gasteiger partial charge on any atom is 0.208 e. The van der Waals surface area contributed by atoms with E-state index in [1.165, 1.54) is 13.2 Å². The Morgan fingerprint density at radius 3 is 2.80 bits per heavy atom. The lowest BCUT2D eigenvalue weighted by Gasteiger charge is -2.08. The standard InChI is InChI=1S/C9H9BrFNO3/c1-15-9-6(2-3-12(13)14)4-7(10)5-8(9)11/h4-5H,2-3H2,1H3. The monoisotopic (exact) mass is 277 g/mol. The Balaban J connectivity index is 2.98. The van der Waals surface area contributed by atoms with E-state index >= 15 is 0 Å². The van der Waals surface area contributed by atoms with Crippen LogP contribution in [0.25, 0.3) is 0 Å². The molecule has 0 N–H and O–H groups in total. The number of nitrogens with zero attached hydrogens (tertiary/aromatic N) is 1. The average molecular weight is 278 g/mol. The van der Waals surface area contributed by atoms with E-state index in [-0.39, 0.29) is 18.7 Å². The van der Waals surface area contributed by atoms with Gasteiger partial charge in [0.2, 0.25) is 6.54 Å². The average Bonchev–Trinajstić information content (AvgIpc) is 2.13. The van der Waals surface area contributed by atoms with Gasteiger partial charge in [-0.1, -0.05) is 15.9 Å². The molecule has 0 saturated heterocycles. The predicted molar refractivity (Wildman–Crippen MR) is 56.2 cm³/mol. The van der Waals surface area contributed by atoms with Gasteiger partial charge in [0, 0.05) is 21.4 Å². The van der Waals surface area contributed by atoms with E-state index in [0.29, 0.717) is 10.0 Å². The molecule has 1 rings (SSSR count). The predicted octanol–water partition coefficient (Wildman–Crippen LogP) is 2.42. The molecule has 0 radical (unpaired) electrons. The molecule has 6 heteroatoms. The first-order chi connectivity index (χ1) is 7.04. The highest BCUT2D eigenvalue weighted by Gasteiger charge is 2.12. The van der Waals surface area contributed by atoms with E-state index in [4.69, 9.17) is 4.74 Å². The minimum absolute atomic E-state index is 0.0695. The van der Waals surface area contributed by atoms with Crippen LogP contribution in [0.15, 0.2) is 16.6 Å². The molecule has 0 bridgehead atoms. The second-order valence-corrected chi connectivity index (χ2v) is 3.80. The van der Waals surface area contributed by atoms with Crippen LogP contribution in [-0.4, -0.2) is 18.6 Å². The molecule has 0 aliphatic rings. The Morgan fingerprint density at radius 2 is 2.27 bits per heavy atom. The van der Waals surface area contributed by atoms with Gasteiger partial charge in [-0.05, 0) is 12.1 Å². The minimum atomic E-state index is -0.523. The fourth-order valence-electron chi connectivity index (χ4n) is 1.24. The maximum absolute atomic E-state index is 13.3. The van der Waals surface area contributed by atoms with E-state index in [0.717, 1.165) is 0 Å². The third-order valence-corrected chi connectivity index (χ3v) is 2.31. The van der Waals surface area contributed by atoms with Crippen LogP contribution < -0.4 is 4.74 Å². The number of benzene rings is 1. The van der Waals surface area contributed by atoms with Crippen molar-refractivity contribution in [2.75, 3.05) is 13.7 Å². The van der Waals surface area contributed by atoms with Crippen LogP contribution in [0.4, 0.5) is 4.39 Å². The third-order valence-electron chi connectivity index (χ3n) is 1.85. The van der Waals surface area contributed by atoms with Crippen molar-refractivity contribution in [2.24, 2.45) is 0 Å². The first-order valence-corrected chi connectivity index (χ1v) is 4.97. The number of nitro groups is 1. The van der Waals surface area contributed by atoms with E-state index in [1.807, 2.05) is 0 Å². The molecule has 0 heterocycles. The SMILES string of the molecule is COc1c(F)cc(Br)cc1CC[N+](=O)[O-]. The van der Waals surface area contributed by atoms with Crippen molar-refractivity contribution in [2.45, 2.75) is 6.42 Å². The number of hydrogen-bond donors (Lipinski definition) is 0. The van der Waals surface area contributed by atoms with Crippen molar-refractivity contribution < 1.29 is 14.1 Å². The van der Waals surface area contributed by atoms with Gasteiger partial charge in [-0.25, -0.2) is 4.39 Å². The van der Waals surface area contributed by atoms with E-state index in [1.54, 1.807) is 6.07 Å². The second-order valence-electron chi connectivity index (χ2n) is 2.89. The van der Waals surface area contributed by atoms with Crippen molar-refractivity contribution in [3.63, 3.8) is 0 Å². The van der Waals surface area contributed by atoms with Gasteiger partial charge in [0.05, 0.1) is 7.11 Å². The molecule has 15 heavy (non-hydrogen) atoms. The lowest BCUT2D eigenvalue weighted by atomic mass is 10.1. The van der Waals surface area contributed by atoms with E-state index in [9.17, 15) is 14.5 Å². The zero-order valence-electron chi connectivity index (χ0n) is 8.00. The van der Waals surface area contributed by atoms with Crippen molar-refractivity contribution in [3.05, 3.63) is 38.1 Å². The molecule has 0 amide bonds.